The maximum atomic E-state index is 13.7. The van der Waals surface area contributed by atoms with Crippen LogP contribution in [-0.2, 0) is 6.42 Å². The van der Waals surface area contributed by atoms with Gasteiger partial charge in [0.05, 0.1) is 11.9 Å². The predicted molar refractivity (Wildman–Crippen MR) is 156 cm³/mol. The molecule has 0 radical (unpaired) electrons. The van der Waals surface area contributed by atoms with Gasteiger partial charge in [-0.3, -0.25) is 4.68 Å². The largest absolute Gasteiger partial charge is 0.618 e. The van der Waals surface area contributed by atoms with Gasteiger partial charge in [-0.1, -0.05) is 47.5 Å². The third-order valence-electron chi connectivity index (χ3n) is 6.84. The third kappa shape index (κ3) is 6.51. The van der Waals surface area contributed by atoms with Crippen LogP contribution in [0.1, 0.15) is 17.3 Å². The van der Waals surface area contributed by atoms with Crippen LogP contribution in [0.15, 0.2) is 104 Å². The van der Waals surface area contributed by atoms with Crippen LogP contribution in [0.2, 0.25) is 10.0 Å². The van der Waals surface area contributed by atoms with E-state index < -0.39 is 12.4 Å². The summed E-state index contributed by atoms with van der Waals surface area (Å²) in [6.45, 7) is 0. The maximum Gasteiger partial charge on any atom is 0.573 e. The fourth-order valence-electron chi connectivity index (χ4n) is 4.80. The molecule has 3 aromatic carbocycles. The number of ether oxygens (including phenoxy) is 1. The maximum absolute atomic E-state index is 13.7. The van der Waals surface area contributed by atoms with Crippen molar-refractivity contribution >= 4 is 23.2 Å². The Bertz CT molecular complexity index is 1900. The fourth-order valence-corrected chi connectivity index (χ4v) is 5.10. The van der Waals surface area contributed by atoms with Gasteiger partial charge >= 0.3 is 6.36 Å². The van der Waals surface area contributed by atoms with E-state index in [2.05, 4.69) is 25.4 Å². The normalized spacial score (nSPS) is 12.3. The van der Waals surface area contributed by atoms with Gasteiger partial charge in [0.25, 0.3) is 0 Å². The molecule has 222 valence electrons. The van der Waals surface area contributed by atoms with Crippen molar-refractivity contribution in [3.8, 4) is 33.7 Å². The van der Waals surface area contributed by atoms with Crippen molar-refractivity contribution in [2.24, 2.45) is 0 Å². The summed E-state index contributed by atoms with van der Waals surface area (Å²) in [5, 5.41) is 30.6. The molecule has 0 N–H and O–H groups in total. The minimum atomic E-state index is -4.79. The van der Waals surface area contributed by atoms with Crippen molar-refractivity contribution in [2.75, 3.05) is 0 Å². The Kier molecular flexibility index (Phi) is 7.93. The number of aromatic nitrogens is 7. The van der Waals surface area contributed by atoms with Crippen LogP contribution >= 0.6 is 23.2 Å². The number of halogens is 5. The second-order valence-electron chi connectivity index (χ2n) is 9.71. The summed E-state index contributed by atoms with van der Waals surface area (Å²) in [6, 6.07) is 20.9. The van der Waals surface area contributed by atoms with Gasteiger partial charge < -0.3 is 9.94 Å². The molecule has 0 amide bonds. The number of tetrazole rings is 1. The Morgan fingerprint density at radius 1 is 0.886 bits per heavy atom. The van der Waals surface area contributed by atoms with Crippen molar-refractivity contribution in [1.82, 2.24) is 30.0 Å². The second kappa shape index (κ2) is 12.0. The van der Waals surface area contributed by atoms with E-state index in [1.807, 2.05) is 18.2 Å². The van der Waals surface area contributed by atoms with Crippen molar-refractivity contribution in [3.63, 3.8) is 0 Å². The Morgan fingerprint density at radius 3 is 2.30 bits per heavy atom. The van der Waals surface area contributed by atoms with Crippen LogP contribution in [0.4, 0.5) is 13.2 Å². The zero-order valence-corrected chi connectivity index (χ0v) is 23.9. The second-order valence-corrected chi connectivity index (χ2v) is 10.6. The minimum absolute atomic E-state index is 0.329. The van der Waals surface area contributed by atoms with E-state index in [1.54, 1.807) is 53.5 Å². The highest BCUT2D eigenvalue weighted by molar-refractivity contribution is 6.31. The number of hydrogen-bond acceptors (Lipinski definition) is 6. The van der Waals surface area contributed by atoms with E-state index in [9.17, 15) is 18.4 Å². The molecule has 9 nitrogen and oxygen atoms in total. The van der Waals surface area contributed by atoms with Crippen molar-refractivity contribution < 1.29 is 22.6 Å². The lowest BCUT2D eigenvalue weighted by atomic mass is 10.0. The van der Waals surface area contributed by atoms with Crippen molar-refractivity contribution in [1.29, 1.82) is 0 Å². The van der Waals surface area contributed by atoms with Crippen LogP contribution in [-0.4, -0.2) is 36.4 Å². The summed E-state index contributed by atoms with van der Waals surface area (Å²) in [4.78, 5) is 0. The van der Waals surface area contributed by atoms with Gasteiger partial charge in [0.1, 0.15) is 18.1 Å². The first-order valence-electron chi connectivity index (χ1n) is 13.0. The molecule has 6 aromatic rings. The van der Waals surface area contributed by atoms with E-state index >= 15 is 0 Å². The van der Waals surface area contributed by atoms with Crippen LogP contribution in [0.25, 0.3) is 27.9 Å². The summed E-state index contributed by atoms with van der Waals surface area (Å²) >= 11 is 12.4. The monoisotopic (exact) mass is 637 g/mol. The van der Waals surface area contributed by atoms with E-state index in [0.717, 1.165) is 10.3 Å². The van der Waals surface area contributed by atoms with Gasteiger partial charge in [-0.2, -0.15) is 14.5 Å². The molecule has 3 heterocycles. The molecule has 0 saturated carbocycles. The average Bonchev–Trinajstić information content (AvgIpc) is 3.70. The first-order chi connectivity index (χ1) is 21.1. The summed E-state index contributed by atoms with van der Waals surface area (Å²) in [5.74, 6) is -0.329. The molecule has 0 bridgehead atoms. The van der Waals surface area contributed by atoms with E-state index in [-0.39, 0.29) is 5.75 Å². The number of pyridine rings is 1. The lowest BCUT2D eigenvalue weighted by molar-refractivity contribution is -0.615. The molecule has 1 atom stereocenters. The highest BCUT2D eigenvalue weighted by Gasteiger charge is 2.31. The van der Waals surface area contributed by atoms with Gasteiger partial charge in [0, 0.05) is 45.4 Å². The molecule has 6 rings (SSSR count). The first kappa shape index (κ1) is 29.1. The molecule has 0 fully saturated rings. The van der Waals surface area contributed by atoms with Crippen LogP contribution in [0.5, 0.6) is 5.75 Å². The average molecular weight is 638 g/mol. The van der Waals surface area contributed by atoms with Gasteiger partial charge in [0.15, 0.2) is 6.20 Å². The molecule has 44 heavy (non-hydrogen) atoms. The molecule has 3 aromatic heterocycles. The van der Waals surface area contributed by atoms with Gasteiger partial charge in [-0.05, 0) is 70.1 Å². The number of benzene rings is 3. The Labute approximate surface area is 258 Å². The molecule has 0 saturated heterocycles. The summed E-state index contributed by atoms with van der Waals surface area (Å²) in [7, 11) is 0. The highest BCUT2D eigenvalue weighted by Crippen LogP contribution is 2.31. The molecule has 0 aliphatic carbocycles. The number of rotatable bonds is 8. The molecule has 0 spiro atoms. The van der Waals surface area contributed by atoms with Gasteiger partial charge in [0.2, 0.25) is 5.69 Å². The van der Waals surface area contributed by atoms with Crippen molar-refractivity contribution in [2.45, 2.75) is 18.8 Å². The van der Waals surface area contributed by atoms with Crippen LogP contribution in [0, 0.1) is 5.21 Å². The van der Waals surface area contributed by atoms with Crippen LogP contribution in [0.3, 0.4) is 0 Å². The summed E-state index contributed by atoms with van der Waals surface area (Å²) < 4.78 is 45.7. The van der Waals surface area contributed by atoms with E-state index in [0.29, 0.717) is 50.1 Å². The number of hydrogen-bond donors (Lipinski definition) is 0. The lowest BCUT2D eigenvalue weighted by Crippen LogP contribution is -2.36. The van der Waals surface area contributed by atoms with Crippen molar-refractivity contribution in [3.05, 3.63) is 130 Å². The standard InChI is InChI=1S/C30H20Cl2F3N7O2/c31-23-6-1-19(2-7-23)13-29(40-16-22(15-37-40)20-3-9-25(10-4-20)44-30(33,34)35)28-11-5-21(17-42(28)43)26-14-24(32)8-12-27(26)41-18-36-38-39-41/h1-12,14-18,29H,13H2. The zero-order valence-electron chi connectivity index (χ0n) is 22.4. The quantitative estimate of drug-likeness (QED) is 0.134. The SMILES string of the molecule is [O-][n+]1cc(-c2cc(Cl)ccc2-n2cnnn2)ccc1C(Cc1ccc(Cl)cc1)n1cc(-c2ccc(OC(F)(F)F)cc2)cn1. The molecular formula is C30H20Cl2F3N7O2. The summed E-state index contributed by atoms with van der Waals surface area (Å²) in [5.41, 5.74) is 4.44. The van der Waals surface area contributed by atoms with Crippen LogP contribution < -0.4 is 9.47 Å². The highest BCUT2D eigenvalue weighted by atomic mass is 35.5. The lowest BCUT2D eigenvalue weighted by Gasteiger charge is -2.18. The van der Waals surface area contributed by atoms with Gasteiger partial charge in [-0.25, -0.2) is 0 Å². The minimum Gasteiger partial charge on any atom is -0.618 e. The third-order valence-corrected chi connectivity index (χ3v) is 7.32. The van der Waals surface area contributed by atoms with E-state index in [1.165, 1.54) is 41.5 Å². The molecule has 14 heteroatoms. The van der Waals surface area contributed by atoms with Gasteiger partial charge in [-0.15, -0.1) is 18.3 Å². The number of nitrogens with zero attached hydrogens (tertiary/aromatic N) is 7. The molecule has 1 unspecified atom stereocenters. The smallest absolute Gasteiger partial charge is 0.573 e. The Hall–Kier alpha value is -4.94. The molecular weight excluding hydrogens is 618 g/mol. The summed E-state index contributed by atoms with van der Waals surface area (Å²) in [6.07, 6.45) is 1.83. The number of alkyl halides is 3. The zero-order chi connectivity index (χ0) is 30.8. The first-order valence-corrected chi connectivity index (χ1v) is 13.8. The topological polar surface area (TPSA) is 97.6 Å². The predicted octanol–water partition coefficient (Wildman–Crippen LogP) is 6.86. The Morgan fingerprint density at radius 2 is 1.61 bits per heavy atom. The molecule has 0 aliphatic rings. The fraction of sp³-hybridized carbons (Fsp3) is 0.100. The Balaban J connectivity index is 1.36. The molecule has 0 aliphatic heterocycles. The van der Waals surface area contributed by atoms with E-state index in [4.69, 9.17) is 23.2 Å².